The van der Waals surface area contributed by atoms with E-state index in [1.54, 1.807) is 0 Å². The van der Waals surface area contributed by atoms with Crippen molar-refractivity contribution in [3.63, 3.8) is 0 Å². The number of hydrogen-bond donors (Lipinski definition) is 0. The van der Waals surface area contributed by atoms with Gasteiger partial charge in [-0.15, -0.1) is 0 Å². The van der Waals surface area contributed by atoms with E-state index in [9.17, 15) is 4.79 Å². The Bertz CT molecular complexity index is 512. The molecule has 0 radical (unpaired) electrons. The van der Waals surface area contributed by atoms with Crippen LogP contribution in [0.1, 0.15) is 38.7 Å². The molecule has 1 aromatic rings. The van der Waals surface area contributed by atoms with Gasteiger partial charge in [0.05, 0.1) is 0 Å². The average molecular weight is 300 g/mol. The first-order chi connectivity index (χ1) is 10.4. The largest absolute Gasteiger partial charge is 0.340 e. The summed E-state index contributed by atoms with van der Waals surface area (Å²) in [5.74, 6) is 1.07. The molecule has 3 nitrogen and oxygen atoms in total. The van der Waals surface area contributed by atoms with Crippen LogP contribution in [0.3, 0.4) is 0 Å². The van der Waals surface area contributed by atoms with E-state index in [0.29, 0.717) is 17.2 Å². The molecule has 3 rings (SSSR count). The van der Waals surface area contributed by atoms with Crippen LogP contribution in [0.4, 0.5) is 0 Å². The number of piperazine rings is 1. The third-order valence-corrected chi connectivity index (χ3v) is 4.72. The van der Waals surface area contributed by atoms with E-state index in [2.05, 4.69) is 54.8 Å². The highest BCUT2D eigenvalue weighted by molar-refractivity contribution is 5.83. The Hall–Kier alpha value is -1.35. The number of hydrogen-bond acceptors (Lipinski definition) is 2. The molecule has 2 fully saturated rings. The van der Waals surface area contributed by atoms with Crippen LogP contribution in [-0.4, -0.2) is 48.4 Å². The van der Waals surface area contributed by atoms with E-state index in [4.69, 9.17) is 0 Å². The Kier molecular flexibility index (Phi) is 4.26. The van der Waals surface area contributed by atoms with Crippen LogP contribution >= 0.6 is 0 Å². The van der Waals surface area contributed by atoms with E-state index in [1.807, 2.05) is 6.07 Å². The van der Waals surface area contributed by atoms with Gasteiger partial charge in [0.25, 0.3) is 0 Å². The molecule has 120 valence electrons. The maximum atomic E-state index is 12.6. The van der Waals surface area contributed by atoms with Crippen LogP contribution < -0.4 is 0 Å². The number of amides is 1. The SMILES string of the molecule is CC(C)(C)CN1CCN(C(=O)C2CC2c2ccccc2)CC1. The van der Waals surface area contributed by atoms with Crippen molar-refractivity contribution in [3.8, 4) is 0 Å². The lowest BCUT2D eigenvalue weighted by Crippen LogP contribution is -2.51. The van der Waals surface area contributed by atoms with Crippen LogP contribution in [0.15, 0.2) is 30.3 Å². The van der Waals surface area contributed by atoms with E-state index < -0.39 is 0 Å². The van der Waals surface area contributed by atoms with Gasteiger partial charge in [-0.3, -0.25) is 9.69 Å². The Morgan fingerprint density at radius 3 is 2.32 bits per heavy atom. The minimum Gasteiger partial charge on any atom is -0.340 e. The molecule has 2 aliphatic rings. The van der Waals surface area contributed by atoms with Gasteiger partial charge >= 0.3 is 0 Å². The van der Waals surface area contributed by atoms with Gasteiger partial charge in [0, 0.05) is 38.6 Å². The Morgan fingerprint density at radius 1 is 1.09 bits per heavy atom. The minimum absolute atomic E-state index is 0.233. The maximum absolute atomic E-state index is 12.6. The quantitative estimate of drug-likeness (QED) is 0.857. The van der Waals surface area contributed by atoms with Crippen molar-refractivity contribution < 1.29 is 4.79 Å². The molecule has 0 aromatic heterocycles. The van der Waals surface area contributed by atoms with Crippen molar-refractivity contribution in [1.29, 1.82) is 0 Å². The van der Waals surface area contributed by atoms with Crippen molar-refractivity contribution >= 4 is 5.91 Å². The Balaban J connectivity index is 1.49. The fourth-order valence-corrected chi connectivity index (χ4v) is 3.57. The standard InChI is InChI=1S/C19H28N2O/c1-19(2,3)14-20-9-11-21(12-10-20)18(22)17-13-16(17)15-7-5-4-6-8-15/h4-8,16-17H,9-14H2,1-3H3. The summed E-state index contributed by atoms with van der Waals surface area (Å²) < 4.78 is 0. The van der Waals surface area contributed by atoms with Gasteiger partial charge < -0.3 is 4.90 Å². The first-order valence-electron chi connectivity index (χ1n) is 8.50. The van der Waals surface area contributed by atoms with E-state index >= 15 is 0 Å². The van der Waals surface area contributed by atoms with Crippen LogP contribution in [0, 0.1) is 11.3 Å². The van der Waals surface area contributed by atoms with Crippen molar-refractivity contribution in [3.05, 3.63) is 35.9 Å². The van der Waals surface area contributed by atoms with Gasteiger partial charge in [0.1, 0.15) is 0 Å². The number of carbonyl (C=O) groups is 1. The highest BCUT2D eigenvalue weighted by atomic mass is 16.2. The summed E-state index contributed by atoms with van der Waals surface area (Å²) in [4.78, 5) is 17.2. The predicted molar refractivity (Wildman–Crippen MR) is 89.8 cm³/mol. The van der Waals surface area contributed by atoms with Crippen LogP contribution in [0.5, 0.6) is 0 Å². The minimum atomic E-state index is 0.233. The predicted octanol–water partition coefficient (Wildman–Crippen LogP) is 2.98. The number of rotatable bonds is 3. The summed E-state index contributed by atoms with van der Waals surface area (Å²) in [7, 11) is 0. The molecular formula is C19H28N2O. The van der Waals surface area contributed by atoms with E-state index in [1.165, 1.54) is 5.56 Å². The second kappa shape index (κ2) is 6.04. The zero-order chi connectivity index (χ0) is 15.7. The zero-order valence-corrected chi connectivity index (χ0v) is 14.1. The molecule has 0 bridgehead atoms. The van der Waals surface area contributed by atoms with E-state index in [0.717, 1.165) is 39.1 Å². The first-order valence-corrected chi connectivity index (χ1v) is 8.50. The second-order valence-electron chi connectivity index (χ2n) is 8.02. The smallest absolute Gasteiger partial charge is 0.226 e. The molecule has 1 aliphatic heterocycles. The topological polar surface area (TPSA) is 23.6 Å². The Labute approximate surface area is 134 Å². The summed E-state index contributed by atoms with van der Waals surface area (Å²) in [5, 5.41) is 0. The molecule has 1 heterocycles. The summed E-state index contributed by atoms with van der Waals surface area (Å²) >= 11 is 0. The molecule has 1 saturated carbocycles. The molecule has 3 heteroatoms. The second-order valence-corrected chi connectivity index (χ2v) is 8.02. The third-order valence-electron chi connectivity index (χ3n) is 4.72. The average Bonchev–Trinajstić information content (AvgIpc) is 3.27. The number of benzene rings is 1. The summed E-state index contributed by atoms with van der Waals surface area (Å²) in [6.45, 7) is 11.8. The monoisotopic (exact) mass is 300 g/mol. The van der Waals surface area contributed by atoms with Gasteiger partial charge in [0.15, 0.2) is 0 Å². The molecule has 1 saturated heterocycles. The van der Waals surface area contributed by atoms with Crippen molar-refractivity contribution in [2.24, 2.45) is 11.3 Å². The van der Waals surface area contributed by atoms with Crippen molar-refractivity contribution in [2.75, 3.05) is 32.7 Å². The fourth-order valence-electron chi connectivity index (χ4n) is 3.57. The molecule has 1 aromatic carbocycles. The molecule has 22 heavy (non-hydrogen) atoms. The van der Waals surface area contributed by atoms with Gasteiger partial charge in [-0.25, -0.2) is 0 Å². The Morgan fingerprint density at radius 2 is 1.73 bits per heavy atom. The highest BCUT2D eigenvalue weighted by Crippen LogP contribution is 2.48. The van der Waals surface area contributed by atoms with Gasteiger partial charge in [-0.2, -0.15) is 0 Å². The summed E-state index contributed by atoms with van der Waals surface area (Å²) in [6, 6.07) is 10.5. The third kappa shape index (κ3) is 3.70. The molecule has 2 atom stereocenters. The number of carbonyl (C=O) groups excluding carboxylic acids is 1. The number of nitrogens with zero attached hydrogens (tertiary/aromatic N) is 2. The van der Waals surface area contributed by atoms with Crippen molar-refractivity contribution in [1.82, 2.24) is 9.80 Å². The van der Waals surface area contributed by atoms with Gasteiger partial charge in [-0.1, -0.05) is 51.1 Å². The molecule has 1 aliphatic carbocycles. The lowest BCUT2D eigenvalue weighted by molar-refractivity contribution is -0.134. The lowest BCUT2D eigenvalue weighted by Gasteiger charge is -2.38. The summed E-state index contributed by atoms with van der Waals surface area (Å²) in [5.41, 5.74) is 1.66. The molecular weight excluding hydrogens is 272 g/mol. The van der Waals surface area contributed by atoms with E-state index in [-0.39, 0.29) is 5.92 Å². The molecule has 2 unspecified atom stereocenters. The maximum Gasteiger partial charge on any atom is 0.226 e. The molecule has 1 amide bonds. The zero-order valence-electron chi connectivity index (χ0n) is 14.1. The van der Waals surface area contributed by atoms with Crippen molar-refractivity contribution in [2.45, 2.75) is 33.1 Å². The fraction of sp³-hybridized carbons (Fsp3) is 0.632. The normalized spacial score (nSPS) is 26.0. The summed E-state index contributed by atoms with van der Waals surface area (Å²) in [6.07, 6.45) is 1.03. The highest BCUT2D eigenvalue weighted by Gasteiger charge is 2.46. The van der Waals surface area contributed by atoms with Gasteiger partial charge in [-0.05, 0) is 23.3 Å². The lowest BCUT2D eigenvalue weighted by atomic mass is 9.96. The first kappa shape index (κ1) is 15.5. The van der Waals surface area contributed by atoms with Gasteiger partial charge in [0.2, 0.25) is 5.91 Å². The molecule has 0 spiro atoms. The van der Waals surface area contributed by atoms with Crippen LogP contribution in [0.25, 0.3) is 0 Å². The van der Waals surface area contributed by atoms with Crippen LogP contribution in [-0.2, 0) is 4.79 Å². The van der Waals surface area contributed by atoms with Crippen LogP contribution in [0.2, 0.25) is 0 Å². The molecule has 0 N–H and O–H groups in total.